The van der Waals surface area contributed by atoms with Gasteiger partial charge in [-0.2, -0.15) is 0 Å². The molecule has 1 aliphatic carbocycles. The Morgan fingerprint density at radius 1 is 1.19 bits per heavy atom. The molecule has 0 spiro atoms. The summed E-state index contributed by atoms with van der Waals surface area (Å²) in [5.74, 6) is 1.21. The van der Waals surface area contributed by atoms with Crippen LogP contribution in [0.25, 0.3) is 11.4 Å². The molecule has 5 nitrogen and oxygen atoms in total. The van der Waals surface area contributed by atoms with Crippen molar-refractivity contribution < 1.29 is 4.79 Å². The van der Waals surface area contributed by atoms with Crippen LogP contribution in [0.4, 0.5) is 5.69 Å². The minimum absolute atomic E-state index is 0.0552. The van der Waals surface area contributed by atoms with E-state index in [-0.39, 0.29) is 5.91 Å². The first kappa shape index (κ1) is 13.7. The Hall–Kier alpha value is -2.30. The van der Waals surface area contributed by atoms with Gasteiger partial charge in [-0.15, -0.1) is 0 Å². The maximum atomic E-state index is 11.9. The van der Waals surface area contributed by atoms with Gasteiger partial charge in [0.15, 0.2) is 5.82 Å². The highest BCUT2D eigenvalue weighted by Gasteiger charge is 2.18. The van der Waals surface area contributed by atoms with Gasteiger partial charge in [0.2, 0.25) is 5.91 Å². The number of carbonyl (C=O) groups excluding carboxylic acids is 1. The van der Waals surface area contributed by atoms with Gasteiger partial charge in [0.05, 0.1) is 18.1 Å². The molecule has 0 aliphatic heterocycles. The number of carbonyl (C=O) groups is 1. The molecule has 1 saturated carbocycles. The predicted molar refractivity (Wildman–Crippen MR) is 80.5 cm³/mol. The van der Waals surface area contributed by atoms with Crippen molar-refractivity contribution in [2.75, 3.05) is 5.32 Å². The van der Waals surface area contributed by atoms with Crippen LogP contribution >= 0.6 is 0 Å². The molecule has 3 rings (SSSR count). The number of nitrogens with one attached hydrogen (secondary N) is 1. The second-order valence-electron chi connectivity index (χ2n) is 5.44. The van der Waals surface area contributed by atoms with E-state index >= 15 is 0 Å². The lowest BCUT2D eigenvalue weighted by atomic mass is 10.0. The maximum absolute atomic E-state index is 11.9. The van der Waals surface area contributed by atoms with Gasteiger partial charge in [-0.05, 0) is 30.9 Å². The van der Waals surface area contributed by atoms with Crippen molar-refractivity contribution in [3.63, 3.8) is 0 Å². The molecule has 0 bridgehead atoms. The van der Waals surface area contributed by atoms with E-state index < -0.39 is 0 Å². The topological polar surface area (TPSA) is 67.8 Å². The molecule has 5 heteroatoms. The van der Waals surface area contributed by atoms with Crippen molar-refractivity contribution in [2.45, 2.75) is 32.1 Å². The van der Waals surface area contributed by atoms with Crippen molar-refractivity contribution in [2.24, 2.45) is 5.92 Å². The lowest BCUT2D eigenvalue weighted by Crippen LogP contribution is -2.15. The third-order valence-corrected chi connectivity index (χ3v) is 3.80. The number of anilines is 1. The van der Waals surface area contributed by atoms with Gasteiger partial charge in [-0.1, -0.05) is 12.8 Å². The van der Waals surface area contributed by atoms with E-state index in [1.165, 1.54) is 25.7 Å². The Balaban J connectivity index is 1.60. The van der Waals surface area contributed by atoms with Crippen molar-refractivity contribution >= 4 is 11.6 Å². The number of amides is 1. The van der Waals surface area contributed by atoms with Crippen LogP contribution < -0.4 is 5.32 Å². The van der Waals surface area contributed by atoms with Crippen LogP contribution in [0.5, 0.6) is 0 Å². The standard InChI is InChI=1S/C16H18N4O/c21-15(8-12-4-1-2-5-12)20-14-10-18-16(19-11-14)13-6-3-7-17-9-13/h3,6-7,9-12H,1-2,4-5,8H2,(H,20,21). The molecule has 0 radical (unpaired) electrons. The largest absolute Gasteiger partial charge is 0.323 e. The summed E-state index contributed by atoms with van der Waals surface area (Å²) in [5, 5.41) is 2.87. The van der Waals surface area contributed by atoms with Gasteiger partial charge in [0, 0.05) is 24.4 Å². The predicted octanol–water partition coefficient (Wildman–Crippen LogP) is 3.06. The highest BCUT2D eigenvalue weighted by Crippen LogP contribution is 2.27. The zero-order chi connectivity index (χ0) is 14.5. The van der Waals surface area contributed by atoms with Gasteiger partial charge < -0.3 is 5.32 Å². The summed E-state index contributed by atoms with van der Waals surface area (Å²) in [6.07, 6.45) is 12.2. The molecule has 1 N–H and O–H groups in total. The first-order valence-electron chi connectivity index (χ1n) is 7.33. The van der Waals surface area contributed by atoms with E-state index in [1.807, 2.05) is 12.1 Å². The summed E-state index contributed by atoms with van der Waals surface area (Å²) < 4.78 is 0. The van der Waals surface area contributed by atoms with Gasteiger partial charge >= 0.3 is 0 Å². The molecule has 2 heterocycles. The van der Waals surface area contributed by atoms with Crippen molar-refractivity contribution in [3.8, 4) is 11.4 Å². The fraction of sp³-hybridized carbons (Fsp3) is 0.375. The summed E-state index contributed by atoms with van der Waals surface area (Å²) in [7, 11) is 0. The molecule has 2 aromatic heterocycles. The molecular weight excluding hydrogens is 264 g/mol. The molecule has 1 fully saturated rings. The number of nitrogens with zero attached hydrogens (tertiary/aromatic N) is 3. The minimum atomic E-state index is 0.0552. The highest BCUT2D eigenvalue weighted by molar-refractivity contribution is 5.90. The summed E-state index contributed by atoms with van der Waals surface area (Å²) in [5.41, 5.74) is 1.51. The quantitative estimate of drug-likeness (QED) is 0.935. The van der Waals surface area contributed by atoms with Gasteiger partial charge in [0.1, 0.15) is 0 Å². The monoisotopic (exact) mass is 282 g/mol. The van der Waals surface area contributed by atoms with Crippen molar-refractivity contribution in [1.29, 1.82) is 0 Å². The van der Waals surface area contributed by atoms with E-state index in [9.17, 15) is 4.79 Å². The molecule has 108 valence electrons. The Labute approximate surface area is 123 Å². The minimum Gasteiger partial charge on any atom is -0.323 e. The average molecular weight is 282 g/mol. The zero-order valence-electron chi connectivity index (χ0n) is 11.8. The third kappa shape index (κ3) is 3.62. The van der Waals surface area contributed by atoms with Gasteiger partial charge in [0.25, 0.3) is 0 Å². The second kappa shape index (κ2) is 6.43. The molecule has 0 saturated heterocycles. The molecule has 0 aromatic carbocycles. The lowest BCUT2D eigenvalue weighted by molar-refractivity contribution is -0.117. The van der Waals surface area contributed by atoms with Crippen LogP contribution in [0.1, 0.15) is 32.1 Å². The van der Waals surface area contributed by atoms with Crippen LogP contribution in [0, 0.1) is 5.92 Å². The van der Waals surface area contributed by atoms with Crippen LogP contribution in [-0.2, 0) is 4.79 Å². The normalized spacial score (nSPS) is 15.0. The van der Waals surface area contributed by atoms with Gasteiger partial charge in [-0.3, -0.25) is 9.78 Å². The third-order valence-electron chi connectivity index (χ3n) is 3.80. The molecule has 0 atom stereocenters. The Morgan fingerprint density at radius 2 is 1.95 bits per heavy atom. The summed E-state index contributed by atoms with van der Waals surface area (Å²) in [6, 6.07) is 3.75. The Kier molecular flexibility index (Phi) is 4.19. The molecular formula is C16H18N4O. The van der Waals surface area contributed by atoms with Crippen molar-refractivity contribution in [3.05, 3.63) is 36.9 Å². The van der Waals surface area contributed by atoms with E-state index in [4.69, 9.17) is 0 Å². The Morgan fingerprint density at radius 3 is 2.62 bits per heavy atom. The van der Waals surface area contributed by atoms with E-state index in [0.717, 1.165) is 5.56 Å². The molecule has 1 aliphatic rings. The Bertz CT molecular complexity index is 591. The number of rotatable bonds is 4. The fourth-order valence-corrected chi connectivity index (χ4v) is 2.73. The van der Waals surface area contributed by atoms with Crippen molar-refractivity contribution in [1.82, 2.24) is 15.0 Å². The number of aromatic nitrogens is 3. The smallest absolute Gasteiger partial charge is 0.224 e. The first-order valence-corrected chi connectivity index (χ1v) is 7.33. The van der Waals surface area contributed by atoms with E-state index in [2.05, 4.69) is 20.3 Å². The van der Waals surface area contributed by atoms with Crippen LogP contribution in [0.2, 0.25) is 0 Å². The second-order valence-corrected chi connectivity index (χ2v) is 5.44. The van der Waals surface area contributed by atoms with E-state index in [1.54, 1.807) is 24.8 Å². The number of hydrogen-bond donors (Lipinski definition) is 1. The fourth-order valence-electron chi connectivity index (χ4n) is 2.73. The summed E-state index contributed by atoms with van der Waals surface area (Å²) in [6.45, 7) is 0. The van der Waals surface area contributed by atoms with E-state index in [0.29, 0.717) is 23.9 Å². The van der Waals surface area contributed by atoms with Crippen LogP contribution in [0.3, 0.4) is 0 Å². The first-order chi connectivity index (χ1) is 10.3. The maximum Gasteiger partial charge on any atom is 0.224 e. The number of pyridine rings is 1. The van der Waals surface area contributed by atoms with Gasteiger partial charge in [-0.25, -0.2) is 9.97 Å². The van der Waals surface area contributed by atoms with Crippen LogP contribution in [-0.4, -0.2) is 20.9 Å². The van der Waals surface area contributed by atoms with Crippen LogP contribution in [0.15, 0.2) is 36.9 Å². The molecule has 1 amide bonds. The molecule has 0 unspecified atom stereocenters. The average Bonchev–Trinajstić information content (AvgIpc) is 3.02. The lowest BCUT2D eigenvalue weighted by Gasteiger charge is -2.09. The highest BCUT2D eigenvalue weighted by atomic mass is 16.1. The molecule has 21 heavy (non-hydrogen) atoms. The number of hydrogen-bond acceptors (Lipinski definition) is 4. The summed E-state index contributed by atoms with van der Waals surface area (Å²) >= 11 is 0. The SMILES string of the molecule is O=C(CC1CCCC1)Nc1cnc(-c2cccnc2)nc1. The molecule has 2 aromatic rings. The zero-order valence-corrected chi connectivity index (χ0v) is 11.8. The summed E-state index contributed by atoms with van der Waals surface area (Å²) in [4.78, 5) is 24.5.